The Labute approximate surface area is 94.1 Å². The van der Waals surface area contributed by atoms with E-state index in [0.29, 0.717) is 0 Å². The van der Waals surface area contributed by atoms with E-state index >= 15 is 0 Å². The summed E-state index contributed by atoms with van der Waals surface area (Å²) in [6, 6.07) is 0. The molecule has 0 aliphatic heterocycles. The molecule has 0 heterocycles. The fourth-order valence-corrected chi connectivity index (χ4v) is 1.24. The van der Waals surface area contributed by atoms with Crippen LogP contribution in [-0.4, -0.2) is 26.1 Å². The molecule has 0 rings (SSSR count). The zero-order valence-corrected chi connectivity index (χ0v) is 10.3. The first-order valence-electron chi connectivity index (χ1n) is 5.90. The molecule has 0 spiro atoms. The minimum absolute atomic E-state index is 0.913. The predicted octanol–water partition coefficient (Wildman–Crippen LogP) is 2.31. The van der Waals surface area contributed by atoms with Gasteiger partial charge in [0.25, 0.3) is 0 Å². The summed E-state index contributed by atoms with van der Waals surface area (Å²) >= 11 is 0. The largest absolute Gasteiger partial charge is 0.356 e. The number of guanidine groups is 1. The van der Waals surface area contributed by atoms with Crippen molar-refractivity contribution in [2.24, 2.45) is 4.99 Å². The topological polar surface area (TPSA) is 36.4 Å². The number of unbranched alkanes of at least 4 members (excludes halogenated alkanes) is 2. The first-order chi connectivity index (χ1) is 7.35. The third-order valence-corrected chi connectivity index (χ3v) is 2.14. The zero-order valence-electron chi connectivity index (χ0n) is 10.3. The lowest BCUT2D eigenvalue weighted by Gasteiger charge is -2.10. The maximum atomic E-state index is 4.15. The first kappa shape index (κ1) is 14.0. The number of rotatable bonds is 7. The van der Waals surface area contributed by atoms with Crippen LogP contribution in [0.4, 0.5) is 0 Å². The van der Waals surface area contributed by atoms with Gasteiger partial charge in [0.1, 0.15) is 0 Å². The summed E-state index contributed by atoms with van der Waals surface area (Å²) in [4.78, 5) is 4.15. The van der Waals surface area contributed by atoms with Gasteiger partial charge in [0, 0.05) is 20.1 Å². The normalized spacial score (nSPS) is 12.1. The van der Waals surface area contributed by atoms with Crippen molar-refractivity contribution in [1.82, 2.24) is 10.6 Å². The maximum absolute atomic E-state index is 4.15. The van der Waals surface area contributed by atoms with Crippen LogP contribution in [0.2, 0.25) is 0 Å². The van der Waals surface area contributed by atoms with E-state index in [1.165, 1.54) is 19.3 Å². The molecule has 15 heavy (non-hydrogen) atoms. The van der Waals surface area contributed by atoms with Crippen LogP contribution in [0.5, 0.6) is 0 Å². The molecule has 0 saturated carbocycles. The summed E-state index contributed by atoms with van der Waals surface area (Å²) in [5.41, 5.74) is 0. The Morgan fingerprint density at radius 2 is 1.93 bits per heavy atom. The van der Waals surface area contributed by atoms with E-state index < -0.39 is 0 Å². The number of aliphatic imine (C=N–C) groups is 1. The minimum atomic E-state index is 0.913. The van der Waals surface area contributed by atoms with Crippen molar-refractivity contribution in [2.45, 2.75) is 39.5 Å². The van der Waals surface area contributed by atoms with Crippen molar-refractivity contribution in [3.8, 4) is 0 Å². The minimum Gasteiger partial charge on any atom is -0.356 e. The quantitative estimate of drug-likeness (QED) is 0.293. The van der Waals surface area contributed by atoms with Crippen LogP contribution < -0.4 is 10.6 Å². The highest BCUT2D eigenvalue weighted by Crippen LogP contribution is 1.90. The molecule has 3 nitrogen and oxygen atoms in total. The van der Waals surface area contributed by atoms with E-state index in [4.69, 9.17) is 0 Å². The number of allylic oxidation sites excluding steroid dienone is 1. The molecule has 0 aliphatic carbocycles. The van der Waals surface area contributed by atoms with Gasteiger partial charge in [-0.3, -0.25) is 4.99 Å². The Morgan fingerprint density at radius 1 is 1.20 bits per heavy atom. The monoisotopic (exact) mass is 211 g/mol. The second kappa shape index (κ2) is 11.1. The molecule has 0 fully saturated rings. The Balaban J connectivity index is 3.47. The lowest BCUT2D eigenvalue weighted by atomic mass is 10.2. The second-order valence-corrected chi connectivity index (χ2v) is 3.49. The average Bonchev–Trinajstić information content (AvgIpc) is 2.27. The SMILES string of the molecule is CC=CCCNC(=NC)NCCCCC. The van der Waals surface area contributed by atoms with Crippen LogP contribution in [0.3, 0.4) is 0 Å². The summed E-state index contributed by atoms with van der Waals surface area (Å²) < 4.78 is 0. The zero-order chi connectivity index (χ0) is 11.4. The van der Waals surface area contributed by atoms with Crippen molar-refractivity contribution in [3.63, 3.8) is 0 Å². The van der Waals surface area contributed by atoms with Gasteiger partial charge in [-0.1, -0.05) is 31.9 Å². The molecule has 0 unspecified atom stereocenters. The highest BCUT2D eigenvalue weighted by molar-refractivity contribution is 5.79. The van der Waals surface area contributed by atoms with Crippen molar-refractivity contribution < 1.29 is 0 Å². The highest BCUT2D eigenvalue weighted by atomic mass is 15.2. The lowest BCUT2D eigenvalue weighted by Crippen LogP contribution is -2.38. The summed E-state index contributed by atoms with van der Waals surface area (Å²) in [5, 5.41) is 6.56. The molecule has 0 aromatic rings. The second-order valence-electron chi connectivity index (χ2n) is 3.49. The number of nitrogens with one attached hydrogen (secondary N) is 2. The molecule has 0 aromatic heterocycles. The molecule has 88 valence electrons. The Morgan fingerprint density at radius 3 is 2.53 bits per heavy atom. The van der Waals surface area contributed by atoms with E-state index in [0.717, 1.165) is 25.5 Å². The number of nitrogens with zero attached hydrogens (tertiary/aromatic N) is 1. The number of hydrogen-bond acceptors (Lipinski definition) is 1. The molecule has 0 aliphatic rings. The maximum Gasteiger partial charge on any atom is 0.190 e. The van der Waals surface area contributed by atoms with Gasteiger partial charge in [0.2, 0.25) is 0 Å². The standard InChI is InChI=1S/C12H25N3/c1-4-6-8-10-14-12(13-3)15-11-9-7-5-2/h4,6H,5,7-11H2,1-3H3,(H2,13,14,15). The summed E-state index contributed by atoms with van der Waals surface area (Å²) in [5.74, 6) is 0.913. The molecular weight excluding hydrogens is 186 g/mol. The third-order valence-electron chi connectivity index (χ3n) is 2.14. The third kappa shape index (κ3) is 9.32. The van der Waals surface area contributed by atoms with Crippen LogP contribution in [-0.2, 0) is 0 Å². The van der Waals surface area contributed by atoms with Crippen molar-refractivity contribution in [2.75, 3.05) is 20.1 Å². The molecule has 2 N–H and O–H groups in total. The Kier molecular flexibility index (Phi) is 10.4. The first-order valence-corrected chi connectivity index (χ1v) is 5.90. The van der Waals surface area contributed by atoms with Crippen molar-refractivity contribution in [3.05, 3.63) is 12.2 Å². The average molecular weight is 211 g/mol. The van der Waals surface area contributed by atoms with Crippen LogP contribution in [0, 0.1) is 0 Å². The smallest absolute Gasteiger partial charge is 0.190 e. The Hall–Kier alpha value is -0.990. The molecule has 0 radical (unpaired) electrons. The molecule has 0 amide bonds. The summed E-state index contributed by atoms with van der Waals surface area (Å²) in [6.07, 6.45) is 9.02. The van der Waals surface area contributed by atoms with E-state index in [1.54, 1.807) is 0 Å². The highest BCUT2D eigenvalue weighted by Gasteiger charge is 1.94. The molecule has 0 bridgehead atoms. The van der Waals surface area contributed by atoms with Gasteiger partial charge in [0.15, 0.2) is 5.96 Å². The van der Waals surface area contributed by atoms with Crippen LogP contribution in [0.15, 0.2) is 17.1 Å². The molecule has 0 atom stereocenters. The van der Waals surface area contributed by atoms with Crippen molar-refractivity contribution >= 4 is 5.96 Å². The van der Waals surface area contributed by atoms with E-state index in [1.807, 2.05) is 14.0 Å². The fraction of sp³-hybridized carbons (Fsp3) is 0.750. The van der Waals surface area contributed by atoms with Gasteiger partial charge in [0.05, 0.1) is 0 Å². The van der Waals surface area contributed by atoms with E-state index in [2.05, 4.69) is 34.7 Å². The Bertz CT molecular complexity index is 185. The van der Waals surface area contributed by atoms with Crippen molar-refractivity contribution in [1.29, 1.82) is 0 Å². The molecule has 3 heteroatoms. The fourth-order valence-electron chi connectivity index (χ4n) is 1.24. The van der Waals surface area contributed by atoms with Gasteiger partial charge in [-0.05, 0) is 19.8 Å². The van der Waals surface area contributed by atoms with Gasteiger partial charge in [-0.15, -0.1) is 0 Å². The molecular formula is C12H25N3. The van der Waals surface area contributed by atoms with Crippen LogP contribution in [0.1, 0.15) is 39.5 Å². The van der Waals surface area contributed by atoms with Gasteiger partial charge in [-0.2, -0.15) is 0 Å². The van der Waals surface area contributed by atoms with Gasteiger partial charge < -0.3 is 10.6 Å². The van der Waals surface area contributed by atoms with E-state index in [9.17, 15) is 0 Å². The number of hydrogen-bond donors (Lipinski definition) is 2. The molecule has 0 aromatic carbocycles. The van der Waals surface area contributed by atoms with Crippen LogP contribution >= 0.6 is 0 Å². The summed E-state index contributed by atoms with van der Waals surface area (Å²) in [7, 11) is 1.81. The molecule has 0 saturated heterocycles. The van der Waals surface area contributed by atoms with Gasteiger partial charge in [-0.25, -0.2) is 0 Å². The summed E-state index contributed by atoms with van der Waals surface area (Å²) in [6.45, 7) is 6.21. The lowest BCUT2D eigenvalue weighted by molar-refractivity contribution is 0.683. The van der Waals surface area contributed by atoms with Crippen LogP contribution in [0.25, 0.3) is 0 Å². The predicted molar refractivity (Wildman–Crippen MR) is 68.3 cm³/mol. The van der Waals surface area contributed by atoms with Gasteiger partial charge >= 0.3 is 0 Å². The van der Waals surface area contributed by atoms with E-state index in [-0.39, 0.29) is 0 Å².